The second kappa shape index (κ2) is 8.64. The van der Waals surface area contributed by atoms with Crippen LogP contribution in [0, 0.1) is 0 Å². The maximum absolute atomic E-state index is 11.7. The Balaban J connectivity index is 1.60. The van der Waals surface area contributed by atoms with Crippen molar-refractivity contribution in [1.82, 2.24) is 21.2 Å². The highest BCUT2D eigenvalue weighted by molar-refractivity contribution is 7.08. The fourth-order valence-electron chi connectivity index (χ4n) is 1.70. The molecule has 0 aliphatic rings. The van der Waals surface area contributed by atoms with Gasteiger partial charge in [-0.25, -0.2) is 0 Å². The van der Waals surface area contributed by atoms with Crippen LogP contribution in [0.5, 0.6) is 0 Å². The first kappa shape index (κ1) is 16.6. The van der Waals surface area contributed by atoms with Crippen molar-refractivity contribution in [3.8, 4) is 0 Å². The third kappa shape index (κ3) is 5.51. The van der Waals surface area contributed by atoms with Gasteiger partial charge in [-0.15, -0.1) is 0 Å². The van der Waals surface area contributed by atoms with Crippen molar-refractivity contribution in [3.05, 3.63) is 52.5 Å². The third-order valence-electron chi connectivity index (χ3n) is 2.89. The predicted molar refractivity (Wildman–Crippen MR) is 85.7 cm³/mol. The van der Waals surface area contributed by atoms with Gasteiger partial charge in [-0.3, -0.25) is 30.2 Å². The molecular weight excluding hydrogens is 316 g/mol. The van der Waals surface area contributed by atoms with Crippen LogP contribution in [-0.2, 0) is 4.79 Å². The zero-order valence-corrected chi connectivity index (χ0v) is 13.1. The number of carbonyl (C=O) groups excluding carboxylic acids is 3. The molecule has 2 rings (SSSR count). The minimum absolute atomic E-state index is 0.156. The van der Waals surface area contributed by atoms with Crippen LogP contribution >= 0.6 is 11.3 Å². The SMILES string of the molecule is O=C(CCCNC(=O)c1ccsc1)NNC(=O)c1cccnc1. The summed E-state index contributed by atoms with van der Waals surface area (Å²) in [5, 5.41) is 6.31. The highest BCUT2D eigenvalue weighted by atomic mass is 32.1. The molecule has 0 fully saturated rings. The average Bonchev–Trinajstić information content (AvgIpc) is 3.12. The fraction of sp³-hybridized carbons (Fsp3) is 0.200. The molecule has 7 nitrogen and oxygen atoms in total. The summed E-state index contributed by atoms with van der Waals surface area (Å²) in [5.41, 5.74) is 5.60. The molecule has 8 heteroatoms. The molecule has 0 saturated carbocycles. The predicted octanol–water partition coefficient (Wildman–Crippen LogP) is 1.11. The third-order valence-corrected chi connectivity index (χ3v) is 3.57. The normalized spacial score (nSPS) is 9.91. The Morgan fingerprint density at radius 3 is 2.65 bits per heavy atom. The second-order valence-electron chi connectivity index (χ2n) is 4.62. The first-order valence-electron chi connectivity index (χ1n) is 6.96. The van der Waals surface area contributed by atoms with E-state index in [-0.39, 0.29) is 18.2 Å². The monoisotopic (exact) mass is 332 g/mol. The summed E-state index contributed by atoms with van der Waals surface area (Å²) in [4.78, 5) is 38.8. The van der Waals surface area contributed by atoms with Crippen LogP contribution < -0.4 is 16.2 Å². The van der Waals surface area contributed by atoms with E-state index in [0.717, 1.165) is 0 Å². The van der Waals surface area contributed by atoms with Crippen LogP contribution in [0.15, 0.2) is 41.4 Å². The maximum atomic E-state index is 11.7. The van der Waals surface area contributed by atoms with Crippen molar-refractivity contribution in [1.29, 1.82) is 0 Å². The van der Waals surface area contributed by atoms with E-state index in [1.165, 1.54) is 17.5 Å². The number of nitrogens with one attached hydrogen (secondary N) is 3. The number of thiophene rings is 1. The number of amides is 3. The van der Waals surface area contributed by atoms with Crippen molar-refractivity contribution >= 4 is 29.1 Å². The Kier molecular flexibility index (Phi) is 6.25. The molecule has 0 aliphatic carbocycles. The number of hydrogen-bond donors (Lipinski definition) is 3. The minimum atomic E-state index is -0.433. The fourth-order valence-corrected chi connectivity index (χ4v) is 2.34. The molecule has 2 aromatic rings. The highest BCUT2D eigenvalue weighted by Gasteiger charge is 2.08. The van der Waals surface area contributed by atoms with Crippen LogP contribution in [-0.4, -0.2) is 29.3 Å². The summed E-state index contributed by atoms with van der Waals surface area (Å²) in [7, 11) is 0. The van der Waals surface area contributed by atoms with Gasteiger partial charge in [0, 0.05) is 36.3 Å². The number of hydrogen-bond acceptors (Lipinski definition) is 5. The summed E-state index contributed by atoms with van der Waals surface area (Å²) in [6.07, 6.45) is 3.63. The lowest BCUT2D eigenvalue weighted by Crippen LogP contribution is -2.41. The Hall–Kier alpha value is -2.74. The lowest BCUT2D eigenvalue weighted by Gasteiger charge is -2.07. The van der Waals surface area contributed by atoms with Gasteiger partial charge in [0.05, 0.1) is 5.56 Å². The van der Waals surface area contributed by atoms with Crippen LogP contribution in [0.4, 0.5) is 0 Å². The first-order valence-corrected chi connectivity index (χ1v) is 7.90. The minimum Gasteiger partial charge on any atom is -0.352 e. The van der Waals surface area contributed by atoms with Gasteiger partial charge in [0.1, 0.15) is 0 Å². The molecule has 0 aromatic carbocycles. The zero-order valence-electron chi connectivity index (χ0n) is 12.2. The smallest absolute Gasteiger partial charge is 0.271 e. The van der Waals surface area contributed by atoms with Crippen LogP contribution in [0.25, 0.3) is 0 Å². The van der Waals surface area contributed by atoms with E-state index in [9.17, 15) is 14.4 Å². The van der Waals surface area contributed by atoms with Gasteiger partial charge in [-0.2, -0.15) is 11.3 Å². The summed E-state index contributed by atoms with van der Waals surface area (Å²) >= 11 is 1.45. The molecule has 0 saturated heterocycles. The molecule has 2 aromatic heterocycles. The molecule has 0 spiro atoms. The second-order valence-corrected chi connectivity index (χ2v) is 5.40. The molecular formula is C15H16N4O3S. The van der Waals surface area contributed by atoms with E-state index in [4.69, 9.17) is 0 Å². The molecule has 3 amide bonds. The number of hydrazine groups is 1. The van der Waals surface area contributed by atoms with E-state index in [1.54, 1.807) is 29.8 Å². The summed E-state index contributed by atoms with van der Waals surface area (Å²) in [5.74, 6) is -0.916. The van der Waals surface area contributed by atoms with Crippen molar-refractivity contribution < 1.29 is 14.4 Å². The highest BCUT2D eigenvalue weighted by Crippen LogP contribution is 2.05. The molecule has 3 N–H and O–H groups in total. The first-order chi connectivity index (χ1) is 11.2. The zero-order chi connectivity index (χ0) is 16.5. The summed E-state index contributed by atoms with van der Waals surface area (Å²) < 4.78 is 0. The number of carbonyl (C=O) groups is 3. The lowest BCUT2D eigenvalue weighted by atomic mass is 10.2. The Labute approximate surface area is 137 Å². The number of nitrogens with zero attached hydrogens (tertiary/aromatic N) is 1. The van der Waals surface area contributed by atoms with Crippen molar-refractivity contribution in [3.63, 3.8) is 0 Å². The van der Waals surface area contributed by atoms with Crippen molar-refractivity contribution in [2.75, 3.05) is 6.54 Å². The standard InChI is InChI=1S/C15H16N4O3S/c20-13(18-19-15(22)11-3-1-6-16-9-11)4-2-7-17-14(21)12-5-8-23-10-12/h1,3,5-6,8-10H,2,4,7H2,(H,17,21)(H,18,20)(H,19,22). The van der Waals surface area contributed by atoms with Gasteiger partial charge < -0.3 is 5.32 Å². The maximum Gasteiger partial charge on any atom is 0.271 e. The van der Waals surface area contributed by atoms with E-state index in [0.29, 0.717) is 24.1 Å². The molecule has 0 atom stereocenters. The molecule has 120 valence electrons. The Bertz CT molecular complexity index is 659. The van der Waals surface area contributed by atoms with E-state index in [1.807, 2.05) is 5.38 Å². The van der Waals surface area contributed by atoms with Gasteiger partial charge in [0.25, 0.3) is 11.8 Å². The van der Waals surface area contributed by atoms with Crippen LogP contribution in [0.3, 0.4) is 0 Å². The van der Waals surface area contributed by atoms with Crippen LogP contribution in [0.1, 0.15) is 33.6 Å². The molecule has 23 heavy (non-hydrogen) atoms. The van der Waals surface area contributed by atoms with E-state index in [2.05, 4.69) is 21.2 Å². The Morgan fingerprint density at radius 2 is 1.96 bits per heavy atom. The molecule has 0 radical (unpaired) electrons. The lowest BCUT2D eigenvalue weighted by molar-refractivity contribution is -0.121. The van der Waals surface area contributed by atoms with E-state index < -0.39 is 5.91 Å². The number of rotatable bonds is 6. The van der Waals surface area contributed by atoms with E-state index >= 15 is 0 Å². The molecule has 2 heterocycles. The number of pyridine rings is 1. The Morgan fingerprint density at radius 1 is 1.09 bits per heavy atom. The van der Waals surface area contributed by atoms with Gasteiger partial charge in [0.15, 0.2) is 0 Å². The van der Waals surface area contributed by atoms with Gasteiger partial charge in [0.2, 0.25) is 5.91 Å². The quantitative estimate of drug-likeness (QED) is 0.545. The van der Waals surface area contributed by atoms with Crippen molar-refractivity contribution in [2.24, 2.45) is 0 Å². The van der Waals surface area contributed by atoms with Crippen LogP contribution in [0.2, 0.25) is 0 Å². The summed E-state index contributed by atoms with van der Waals surface area (Å²) in [6.45, 7) is 0.388. The summed E-state index contributed by atoms with van der Waals surface area (Å²) in [6, 6.07) is 4.96. The van der Waals surface area contributed by atoms with Gasteiger partial charge in [-0.05, 0) is 30.0 Å². The largest absolute Gasteiger partial charge is 0.352 e. The molecule has 0 unspecified atom stereocenters. The van der Waals surface area contributed by atoms with Crippen molar-refractivity contribution in [2.45, 2.75) is 12.8 Å². The number of aromatic nitrogens is 1. The van der Waals surface area contributed by atoms with Gasteiger partial charge >= 0.3 is 0 Å². The van der Waals surface area contributed by atoms with Gasteiger partial charge in [-0.1, -0.05) is 0 Å². The average molecular weight is 332 g/mol. The topological polar surface area (TPSA) is 100 Å². The molecule has 0 bridgehead atoms. The molecule has 0 aliphatic heterocycles.